The number of hydrogen-bond acceptors (Lipinski definition) is 6. The van der Waals surface area contributed by atoms with E-state index in [1.54, 1.807) is 32.0 Å². The van der Waals surface area contributed by atoms with E-state index < -0.39 is 15.2 Å². The van der Waals surface area contributed by atoms with E-state index in [4.69, 9.17) is 27.9 Å². The fraction of sp³-hybridized carbons (Fsp3) is 0.267. The number of aryl methyl sites for hydroxylation is 2. The second-order valence-corrected chi connectivity index (χ2v) is 7.90. The van der Waals surface area contributed by atoms with Crippen molar-refractivity contribution in [2.45, 2.75) is 25.6 Å². The van der Waals surface area contributed by atoms with Gasteiger partial charge in [-0.2, -0.15) is 17.9 Å². The molecule has 0 unspecified atom stereocenters. The Morgan fingerprint density at radius 3 is 2.62 bits per heavy atom. The Morgan fingerprint density at radius 1 is 1.23 bits per heavy atom. The maximum atomic E-state index is 12.7. The molecule has 0 radical (unpaired) electrons. The van der Waals surface area contributed by atoms with E-state index in [1.165, 1.54) is 11.6 Å². The third kappa shape index (κ3) is 3.35. The van der Waals surface area contributed by atoms with Gasteiger partial charge in [-0.05, 0) is 25.5 Å². The summed E-state index contributed by atoms with van der Waals surface area (Å²) >= 11 is 12.3. The Hall–Kier alpha value is -1.94. The molecule has 0 aliphatic carbocycles. The van der Waals surface area contributed by atoms with Crippen LogP contribution in [0.25, 0.3) is 5.78 Å². The summed E-state index contributed by atoms with van der Waals surface area (Å²) in [4.78, 5) is 8.20. The van der Waals surface area contributed by atoms with Crippen molar-refractivity contribution in [1.29, 1.82) is 0 Å². The molecule has 1 N–H and O–H groups in total. The number of methoxy groups -OCH3 is 1. The molecule has 0 aliphatic heterocycles. The lowest BCUT2D eigenvalue weighted by molar-refractivity contribution is 0.179. The number of benzene rings is 1. The normalized spacial score (nSPS) is 11.9. The van der Waals surface area contributed by atoms with Crippen LogP contribution in [0.2, 0.25) is 10.0 Å². The van der Waals surface area contributed by atoms with E-state index >= 15 is 0 Å². The largest absolute Gasteiger partial charge is 0.378 e. The third-order valence-electron chi connectivity index (χ3n) is 3.64. The maximum Gasteiger partial charge on any atom is 0.299 e. The minimum absolute atomic E-state index is 0.107. The highest BCUT2D eigenvalue weighted by Crippen LogP contribution is 2.28. The van der Waals surface area contributed by atoms with Crippen LogP contribution in [0.1, 0.15) is 17.0 Å². The second kappa shape index (κ2) is 6.99. The van der Waals surface area contributed by atoms with Crippen molar-refractivity contribution in [1.82, 2.24) is 19.6 Å². The first-order chi connectivity index (χ1) is 12.2. The molecule has 0 aliphatic rings. The molecule has 0 saturated heterocycles. The van der Waals surface area contributed by atoms with Gasteiger partial charge in [-0.15, -0.1) is 5.10 Å². The summed E-state index contributed by atoms with van der Waals surface area (Å²) in [5, 5.41) is 4.21. The molecule has 3 rings (SSSR count). The predicted octanol–water partition coefficient (Wildman–Crippen LogP) is 3.00. The number of sulfonamides is 1. The van der Waals surface area contributed by atoms with Crippen molar-refractivity contribution in [2.24, 2.45) is 0 Å². The number of hydrogen-bond donors (Lipinski definition) is 1. The summed E-state index contributed by atoms with van der Waals surface area (Å²) < 4.78 is 34.2. The molecule has 0 atom stereocenters. The molecule has 8 nitrogen and oxygen atoms in total. The highest BCUT2D eigenvalue weighted by molar-refractivity contribution is 7.92. The molecule has 1 aromatic carbocycles. The molecule has 2 aromatic heterocycles. The van der Waals surface area contributed by atoms with Crippen LogP contribution in [0.5, 0.6) is 0 Å². The highest BCUT2D eigenvalue weighted by Gasteiger charge is 2.25. The average Bonchev–Trinajstić information content (AvgIpc) is 3.00. The molecule has 0 amide bonds. The van der Waals surface area contributed by atoms with Crippen molar-refractivity contribution in [3.8, 4) is 0 Å². The SMILES string of the molecule is COCc1c(Cl)c(C)nc2nc(S(=O)(=O)Nc3c(C)cccc3Cl)nn12. The summed E-state index contributed by atoms with van der Waals surface area (Å²) in [6, 6.07) is 5.05. The number of rotatable bonds is 5. The Labute approximate surface area is 160 Å². The molecule has 0 saturated carbocycles. The summed E-state index contributed by atoms with van der Waals surface area (Å²) in [6.45, 7) is 3.55. The maximum absolute atomic E-state index is 12.7. The van der Waals surface area contributed by atoms with E-state index in [0.29, 0.717) is 22.0 Å². The number of fused-ring (bicyclic) bond motifs is 1. The van der Waals surface area contributed by atoms with Gasteiger partial charge in [0.2, 0.25) is 0 Å². The molecule has 0 fully saturated rings. The minimum atomic E-state index is -4.08. The summed E-state index contributed by atoms with van der Waals surface area (Å²) in [7, 11) is -2.58. The standard InChI is InChI=1S/C15H15Cl2N5O3S/c1-8-5-4-6-10(16)13(8)21-26(23,24)15-19-14-18-9(2)12(17)11(7-25-3)22(14)20-15/h4-6,21H,7H2,1-3H3. The van der Waals surface area contributed by atoms with Gasteiger partial charge < -0.3 is 4.74 Å². The van der Waals surface area contributed by atoms with Crippen LogP contribution in [0.15, 0.2) is 23.4 Å². The zero-order valence-electron chi connectivity index (χ0n) is 14.1. The van der Waals surface area contributed by atoms with Crippen LogP contribution in [0.3, 0.4) is 0 Å². The van der Waals surface area contributed by atoms with Crippen molar-refractivity contribution in [2.75, 3.05) is 11.8 Å². The van der Waals surface area contributed by atoms with Crippen molar-refractivity contribution < 1.29 is 13.2 Å². The smallest absolute Gasteiger partial charge is 0.299 e. The Bertz CT molecular complexity index is 1080. The van der Waals surface area contributed by atoms with E-state index in [2.05, 4.69) is 19.8 Å². The Balaban J connectivity index is 2.11. The molecule has 2 heterocycles. The quantitative estimate of drug-likeness (QED) is 0.687. The summed E-state index contributed by atoms with van der Waals surface area (Å²) in [6.07, 6.45) is 0. The van der Waals surface area contributed by atoms with E-state index in [0.717, 1.165) is 0 Å². The second-order valence-electron chi connectivity index (χ2n) is 5.53. The number of halogens is 2. The topological polar surface area (TPSA) is 98.5 Å². The Morgan fingerprint density at radius 2 is 1.96 bits per heavy atom. The molecule has 0 bridgehead atoms. The monoisotopic (exact) mass is 415 g/mol. The molecular formula is C15H15Cl2N5O3S. The summed E-state index contributed by atoms with van der Waals surface area (Å²) in [5.41, 5.74) is 1.89. The van der Waals surface area contributed by atoms with Crippen LogP contribution in [0, 0.1) is 13.8 Å². The molecule has 26 heavy (non-hydrogen) atoms. The van der Waals surface area contributed by atoms with E-state index in [1.807, 2.05) is 0 Å². The van der Waals surface area contributed by atoms with Gasteiger partial charge in [-0.25, -0.2) is 4.98 Å². The highest BCUT2D eigenvalue weighted by atomic mass is 35.5. The van der Waals surface area contributed by atoms with Gasteiger partial charge in [0.25, 0.3) is 21.0 Å². The van der Waals surface area contributed by atoms with Crippen molar-refractivity contribution >= 4 is 44.7 Å². The number of nitrogens with one attached hydrogen (secondary N) is 1. The van der Waals surface area contributed by atoms with Gasteiger partial charge in [0.15, 0.2) is 0 Å². The summed E-state index contributed by atoms with van der Waals surface area (Å²) in [5.74, 6) is 0.107. The van der Waals surface area contributed by atoms with Crippen LogP contribution in [-0.4, -0.2) is 35.1 Å². The number of para-hydroxylation sites is 1. The molecule has 138 valence electrons. The average molecular weight is 416 g/mol. The van der Waals surface area contributed by atoms with Crippen LogP contribution >= 0.6 is 23.2 Å². The Kier molecular flexibility index (Phi) is 5.07. The molecule has 11 heteroatoms. The molecule has 3 aromatic rings. The van der Waals surface area contributed by atoms with Crippen molar-refractivity contribution in [3.63, 3.8) is 0 Å². The van der Waals surface area contributed by atoms with E-state index in [9.17, 15) is 8.42 Å². The fourth-order valence-corrected chi connectivity index (χ4v) is 3.88. The van der Waals surface area contributed by atoms with Gasteiger partial charge in [-0.1, -0.05) is 35.3 Å². The first-order valence-electron chi connectivity index (χ1n) is 7.43. The fourth-order valence-electron chi connectivity index (χ4n) is 2.36. The van der Waals surface area contributed by atoms with Gasteiger partial charge in [-0.3, -0.25) is 4.72 Å². The van der Waals surface area contributed by atoms with Crippen LogP contribution in [0.4, 0.5) is 5.69 Å². The minimum Gasteiger partial charge on any atom is -0.378 e. The van der Waals surface area contributed by atoms with Crippen molar-refractivity contribution in [3.05, 3.63) is 45.2 Å². The predicted molar refractivity (Wildman–Crippen MR) is 98.2 cm³/mol. The first kappa shape index (κ1) is 18.8. The zero-order valence-corrected chi connectivity index (χ0v) is 16.4. The lowest BCUT2D eigenvalue weighted by atomic mass is 10.2. The van der Waals surface area contributed by atoms with Crippen LogP contribution in [-0.2, 0) is 21.4 Å². The number of nitrogens with zero attached hydrogens (tertiary/aromatic N) is 4. The number of aromatic nitrogens is 4. The number of anilines is 1. The van der Waals surface area contributed by atoms with Gasteiger partial charge in [0, 0.05) is 7.11 Å². The van der Waals surface area contributed by atoms with Crippen LogP contribution < -0.4 is 4.72 Å². The lowest BCUT2D eigenvalue weighted by Crippen LogP contribution is -2.16. The third-order valence-corrected chi connectivity index (χ3v) is 5.58. The van der Waals surface area contributed by atoms with Gasteiger partial charge in [0.05, 0.1) is 33.7 Å². The molecule has 0 spiro atoms. The lowest BCUT2D eigenvalue weighted by Gasteiger charge is -2.09. The van der Waals surface area contributed by atoms with E-state index in [-0.39, 0.29) is 23.1 Å². The van der Waals surface area contributed by atoms with Gasteiger partial charge >= 0.3 is 0 Å². The number of ether oxygens (including phenoxy) is 1. The van der Waals surface area contributed by atoms with Gasteiger partial charge in [0.1, 0.15) is 0 Å². The zero-order chi connectivity index (χ0) is 19.1. The molecular weight excluding hydrogens is 401 g/mol. The first-order valence-corrected chi connectivity index (χ1v) is 9.67.